The summed E-state index contributed by atoms with van der Waals surface area (Å²) in [7, 11) is 0. The van der Waals surface area contributed by atoms with Crippen molar-refractivity contribution in [2.75, 3.05) is 0 Å². The Morgan fingerprint density at radius 2 is 1.50 bits per heavy atom. The summed E-state index contributed by atoms with van der Waals surface area (Å²) in [6.45, 7) is 14.0. The first-order valence-electron chi connectivity index (χ1n) is 12.3. The number of rotatable bonds is 3. The normalized spacial score (nSPS) is 41.2. The second kappa shape index (κ2) is 9.26. The van der Waals surface area contributed by atoms with Gasteiger partial charge in [-0.25, -0.2) is 0 Å². The van der Waals surface area contributed by atoms with Crippen LogP contribution in [0.1, 0.15) is 80.6 Å². The Morgan fingerprint density at radius 1 is 0.906 bits per heavy atom. The zero-order chi connectivity index (χ0) is 24.0. The fraction of sp³-hybridized carbons (Fsp3) is 0.846. The van der Waals surface area contributed by atoms with Crippen LogP contribution in [0.5, 0.6) is 0 Å². The van der Waals surface area contributed by atoms with Gasteiger partial charge in [0.25, 0.3) is 0 Å². The quantitative estimate of drug-likeness (QED) is 0.464. The number of fused-ring (bicyclic) bond motifs is 2. The van der Waals surface area contributed by atoms with E-state index in [2.05, 4.69) is 25.5 Å². The highest BCUT2D eigenvalue weighted by Gasteiger charge is 2.53. The average molecular weight is 449 g/mol. The lowest BCUT2D eigenvalue weighted by atomic mass is 9.73. The van der Waals surface area contributed by atoms with Crippen LogP contribution in [0.4, 0.5) is 0 Å². The van der Waals surface area contributed by atoms with Crippen molar-refractivity contribution >= 4 is 23.7 Å². The number of ketones is 1. The van der Waals surface area contributed by atoms with Crippen LogP contribution in [-0.2, 0) is 28.7 Å². The molecule has 0 aromatic rings. The Labute approximate surface area is 192 Å². The van der Waals surface area contributed by atoms with E-state index in [4.69, 9.17) is 4.74 Å². The minimum absolute atomic E-state index is 0.0485. The summed E-state index contributed by atoms with van der Waals surface area (Å²) in [5.41, 5.74) is -0.662. The molecular weight excluding hydrogens is 408 g/mol. The van der Waals surface area contributed by atoms with Gasteiger partial charge in [0.1, 0.15) is 11.4 Å². The van der Waals surface area contributed by atoms with Crippen LogP contribution in [0.15, 0.2) is 0 Å². The average Bonchev–Trinajstić information content (AvgIpc) is 3.32. The molecule has 0 spiro atoms. The van der Waals surface area contributed by atoms with E-state index in [1.807, 2.05) is 13.8 Å². The zero-order valence-corrected chi connectivity index (χ0v) is 20.7. The Morgan fingerprint density at radius 3 is 1.94 bits per heavy atom. The van der Waals surface area contributed by atoms with Crippen molar-refractivity contribution in [3.8, 4) is 0 Å². The van der Waals surface area contributed by atoms with E-state index >= 15 is 0 Å². The molecule has 9 atom stereocenters. The third kappa shape index (κ3) is 4.79. The SMILES string of the molecule is CC1C(=O)OC(=O)C1C.CC1CCC(C(C)(C)OC(=O)C2CC3CC2C(C)C3C)C(=O)C1. The van der Waals surface area contributed by atoms with Crippen LogP contribution in [0, 0.1) is 53.3 Å². The van der Waals surface area contributed by atoms with Crippen molar-refractivity contribution in [3.05, 3.63) is 0 Å². The molecule has 32 heavy (non-hydrogen) atoms. The number of Topliss-reactive ketones (excluding diaryl/α,β-unsaturated/α-hetero) is 1. The highest BCUT2D eigenvalue weighted by molar-refractivity contribution is 5.95. The molecule has 6 heteroatoms. The zero-order valence-electron chi connectivity index (χ0n) is 20.7. The number of cyclic esters (lactones) is 2. The molecule has 180 valence electrons. The van der Waals surface area contributed by atoms with E-state index in [1.54, 1.807) is 13.8 Å². The largest absolute Gasteiger partial charge is 0.459 e. The molecule has 9 unspecified atom stereocenters. The molecule has 1 heterocycles. The predicted molar refractivity (Wildman–Crippen MR) is 119 cm³/mol. The summed E-state index contributed by atoms with van der Waals surface area (Å²) in [5, 5.41) is 0. The number of ether oxygens (including phenoxy) is 2. The van der Waals surface area contributed by atoms with Gasteiger partial charge in [-0.1, -0.05) is 34.6 Å². The van der Waals surface area contributed by atoms with E-state index < -0.39 is 17.5 Å². The Bertz CT molecular complexity index is 750. The summed E-state index contributed by atoms with van der Waals surface area (Å²) >= 11 is 0. The second-order valence-electron chi connectivity index (χ2n) is 11.5. The van der Waals surface area contributed by atoms with Gasteiger partial charge in [0.05, 0.1) is 23.7 Å². The van der Waals surface area contributed by atoms with Gasteiger partial charge in [-0.3, -0.25) is 19.2 Å². The molecule has 0 radical (unpaired) electrons. The van der Waals surface area contributed by atoms with E-state index in [0.717, 1.165) is 25.2 Å². The molecule has 0 aromatic carbocycles. The molecule has 0 aromatic heterocycles. The van der Waals surface area contributed by atoms with Gasteiger partial charge >= 0.3 is 17.9 Å². The van der Waals surface area contributed by atoms with E-state index in [9.17, 15) is 19.2 Å². The maximum Gasteiger partial charge on any atom is 0.317 e. The van der Waals surface area contributed by atoms with E-state index in [0.29, 0.717) is 30.1 Å². The van der Waals surface area contributed by atoms with Crippen LogP contribution >= 0.6 is 0 Å². The first kappa shape index (κ1) is 24.9. The highest BCUT2D eigenvalue weighted by atomic mass is 16.6. The lowest BCUT2D eigenvalue weighted by Gasteiger charge is -2.39. The molecule has 4 aliphatic rings. The lowest BCUT2D eigenvalue weighted by molar-refractivity contribution is -0.172. The number of carbonyl (C=O) groups is 4. The van der Waals surface area contributed by atoms with Crippen LogP contribution in [-0.4, -0.2) is 29.3 Å². The number of esters is 3. The molecule has 1 aliphatic heterocycles. The van der Waals surface area contributed by atoms with Crippen molar-refractivity contribution in [2.24, 2.45) is 53.3 Å². The second-order valence-corrected chi connectivity index (χ2v) is 11.5. The smallest absolute Gasteiger partial charge is 0.317 e. The van der Waals surface area contributed by atoms with Gasteiger partial charge in [0.2, 0.25) is 0 Å². The fourth-order valence-corrected chi connectivity index (χ4v) is 6.25. The Hall–Kier alpha value is -1.72. The molecule has 3 saturated carbocycles. The van der Waals surface area contributed by atoms with Crippen molar-refractivity contribution in [3.63, 3.8) is 0 Å². The third-order valence-electron chi connectivity index (χ3n) is 8.98. The minimum atomic E-state index is -0.662. The number of hydrogen-bond donors (Lipinski definition) is 0. The van der Waals surface area contributed by atoms with E-state index in [1.165, 1.54) is 6.42 Å². The van der Waals surface area contributed by atoms with Gasteiger partial charge in [0, 0.05) is 6.42 Å². The van der Waals surface area contributed by atoms with Crippen molar-refractivity contribution in [2.45, 2.75) is 86.2 Å². The van der Waals surface area contributed by atoms with Gasteiger partial charge in [-0.05, 0) is 69.1 Å². The summed E-state index contributed by atoms with van der Waals surface area (Å²) < 4.78 is 10.3. The first-order chi connectivity index (χ1) is 14.8. The van der Waals surface area contributed by atoms with Crippen LogP contribution in [0.3, 0.4) is 0 Å². The van der Waals surface area contributed by atoms with Crippen LogP contribution in [0.25, 0.3) is 0 Å². The van der Waals surface area contributed by atoms with Crippen LogP contribution < -0.4 is 0 Å². The molecule has 0 N–H and O–H groups in total. The predicted octanol–water partition coefficient (Wildman–Crippen LogP) is 4.58. The molecule has 6 nitrogen and oxygen atoms in total. The minimum Gasteiger partial charge on any atom is -0.459 e. The summed E-state index contributed by atoms with van der Waals surface area (Å²) in [6, 6.07) is 0. The van der Waals surface area contributed by atoms with Gasteiger partial charge in [-0.15, -0.1) is 0 Å². The van der Waals surface area contributed by atoms with Crippen molar-refractivity contribution in [1.82, 2.24) is 0 Å². The molecular formula is C26H40O6. The Balaban J connectivity index is 0.000000269. The highest BCUT2D eigenvalue weighted by Crippen LogP contribution is 2.55. The topological polar surface area (TPSA) is 86.7 Å². The maximum absolute atomic E-state index is 12.8. The molecule has 4 rings (SSSR count). The Kier molecular flexibility index (Phi) is 7.21. The third-order valence-corrected chi connectivity index (χ3v) is 8.98. The van der Waals surface area contributed by atoms with Gasteiger partial charge in [0.15, 0.2) is 0 Å². The summed E-state index contributed by atoms with van der Waals surface area (Å²) in [6.07, 6.45) is 4.71. The van der Waals surface area contributed by atoms with Crippen LogP contribution in [0.2, 0.25) is 0 Å². The maximum atomic E-state index is 12.8. The lowest BCUT2D eigenvalue weighted by Crippen LogP contribution is -2.45. The monoisotopic (exact) mass is 448 g/mol. The van der Waals surface area contributed by atoms with Gasteiger partial charge < -0.3 is 9.47 Å². The van der Waals surface area contributed by atoms with Gasteiger partial charge in [-0.2, -0.15) is 0 Å². The van der Waals surface area contributed by atoms with E-state index in [-0.39, 0.29) is 35.4 Å². The standard InChI is InChI=1S/C20H32O3.C6H8O3/c1-11-6-7-17(18(21)8-11)20(4,5)23-19(22)16-10-14-9-15(16)13(3)12(14)2;1-3-4(2)6(8)9-5(3)7/h11-17H,6-10H2,1-5H3;3-4H,1-2H3. The fourth-order valence-electron chi connectivity index (χ4n) is 6.25. The molecule has 3 aliphatic carbocycles. The summed E-state index contributed by atoms with van der Waals surface area (Å²) in [4.78, 5) is 46.3. The van der Waals surface area contributed by atoms with Crippen molar-refractivity contribution in [1.29, 1.82) is 0 Å². The number of carbonyl (C=O) groups excluding carboxylic acids is 4. The van der Waals surface area contributed by atoms with Crippen molar-refractivity contribution < 1.29 is 28.7 Å². The molecule has 2 bridgehead atoms. The summed E-state index contributed by atoms with van der Waals surface area (Å²) in [5.74, 6) is 1.86. The first-order valence-corrected chi connectivity index (χ1v) is 12.3. The number of hydrogen-bond acceptors (Lipinski definition) is 6. The molecule has 4 fully saturated rings. The molecule has 1 saturated heterocycles. The molecule has 0 amide bonds.